The monoisotopic (exact) mass is 308 g/mol. The van der Waals surface area contributed by atoms with Gasteiger partial charge in [-0.3, -0.25) is 0 Å². The lowest BCUT2D eigenvalue weighted by atomic mass is 9.90. The standard InChI is InChI=1S/C19H17O2P/c1-11-9-14-5-8-16-19(21-10-20-16)18(14)17(12(11)2)13-3-6-15(22)7-4-13/h3-9H,10,22H2,1-2H3. The number of ether oxygens (including phenoxy) is 2. The van der Waals surface area contributed by atoms with Gasteiger partial charge in [-0.25, -0.2) is 0 Å². The van der Waals surface area contributed by atoms with Crippen LogP contribution in [0.4, 0.5) is 0 Å². The average Bonchev–Trinajstić information content (AvgIpc) is 2.98. The molecule has 3 aromatic rings. The van der Waals surface area contributed by atoms with Gasteiger partial charge in [0.2, 0.25) is 6.79 Å². The van der Waals surface area contributed by atoms with Gasteiger partial charge in [0.1, 0.15) is 0 Å². The van der Waals surface area contributed by atoms with E-state index in [0.29, 0.717) is 6.79 Å². The third-order valence-electron chi connectivity index (χ3n) is 4.36. The highest BCUT2D eigenvalue weighted by molar-refractivity contribution is 7.27. The van der Waals surface area contributed by atoms with E-state index in [-0.39, 0.29) is 0 Å². The van der Waals surface area contributed by atoms with E-state index in [2.05, 4.69) is 59.5 Å². The molecule has 0 radical (unpaired) electrons. The van der Waals surface area contributed by atoms with Crippen molar-refractivity contribution >= 4 is 25.3 Å². The van der Waals surface area contributed by atoms with Gasteiger partial charge >= 0.3 is 0 Å². The van der Waals surface area contributed by atoms with Gasteiger partial charge in [0.25, 0.3) is 0 Å². The van der Waals surface area contributed by atoms with Crippen LogP contribution in [0.2, 0.25) is 0 Å². The molecule has 1 atom stereocenters. The second-order valence-electron chi connectivity index (χ2n) is 5.71. The minimum absolute atomic E-state index is 0.297. The van der Waals surface area contributed by atoms with Crippen molar-refractivity contribution in [3.63, 3.8) is 0 Å². The fourth-order valence-electron chi connectivity index (χ4n) is 3.10. The third-order valence-corrected chi connectivity index (χ3v) is 4.74. The van der Waals surface area contributed by atoms with Crippen LogP contribution in [0.5, 0.6) is 11.5 Å². The van der Waals surface area contributed by atoms with Crippen LogP contribution < -0.4 is 14.8 Å². The Bertz CT molecular complexity index is 882. The van der Waals surface area contributed by atoms with Gasteiger partial charge in [-0.05, 0) is 52.9 Å². The van der Waals surface area contributed by atoms with Crippen LogP contribution in [-0.4, -0.2) is 6.79 Å². The predicted octanol–water partition coefficient (Wildman–Crippen LogP) is 4.35. The van der Waals surface area contributed by atoms with Crippen molar-refractivity contribution in [2.24, 2.45) is 0 Å². The summed E-state index contributed by atoms with van der Waals surface area (Å²) >= 11 is 0. The Kier molecular flexibility index (Phi) is 3.09. The van der Waals surface area contributed by atoms with Gasteiger partial charge in [0.15, 0.2) is 11.5 Å². The lowest BCUT2D eigenvalue weighted by Crippen LogP contribution is -1.95. The maximum Gasteiger partial charge on any atom is 0.231 e. The van der Waals surface area contributed by atoms with E-state index in [1.54, 1.807) is 0 Å². The zero-order chi connectivity index (χ0) is 15.3. The first-order valence-corrected chi connectivity index (χ1v) is 7.91. The van der Waals surface area contributed by atoms with Crippen LogP contribution in [0.3, 0.4) is 0 Å². The van der Waals surface area contributed by atoms with Crippen LogP contribution in [-0.2, 0) is 0 Å². The number of rotatable bonds is 1. The molecule has 0 N–H and O–H groups in total. The SMILES string of the molecule is Cc1cc2ccc3c(c2c(-c2ccc(P)cc2)c1C)OCO3. The average molecular weight is 308 g/mol. The molecule has 3 heteroatoms. The van der Waals surface area contributed by atoms with E-state index in [4.69, 9.17) is 9.47 Å². The van der Waals surface area contributed by atoms with Crippen molar-refractivity contribution in [3.8, 4) is 22.6 Å². The molecule has 3 aromatic carbocycles. The molecule has 0 fully saturated rings. The van der Waals surface area contributed by atoms with E-state index >= 15 is 0 Å². The number of benzene rings is 3. The predicted molar refractivity (Wildman–Crippen MR) is 94.3 cm³/mol. The van der Waals surface area contributed by atoms with Gasteiger partial charge in [-0.15, -0.1) is 9.24 Å². The van der Waals surface area contributed by atoms with Crippen molar-refractivity contribution in [3.05, 3.63) is 53.6 Å². The van der Waals surface area contributed by atoms with E-state index in [0.717, 1.165) is 16.9 Å². The van der Waals surface area contributed by atoms with Crippen molar-refractivity contribution in [1.82, 2.24) is 0 Å². The highest BCUT2D eigenvalue weighted by atomic mass is 31.0. The quantitative estimate of drug-likeness (QED) is 0.622. The first kappa shape index (κ1) is 13.6. The summed E-state index contributed by atoms with van der Waals surface area (Å²) in [5.74, 6) is 1.70. The molecule has 22 heavy (non-hydrogen) atoms. The minimum atomic E-state index is 0.297. The number of hydrogen-bond acceptors (Lipinski definition) is 2. The molecule has 1 aliphatic heterocycles. The first-order chi connectivity index (χ1) is 10.6. The van der Waals surface area contributed by atoms with Crippen molar-refractivity contribution in [2.75, 3.05) is 6.79 Å². The fraction of sp³-hybridized carbons (Fsp3) is 0.158. The van der Waals surface area contributed by atoms with Crippen molar-refractivity contribution < 1.29 is 9.47 Å². The van der Waals surface area contributed by atoms with E-state index in [1.165, 1.54) is 32.9 Å². The Balaban J connectivity index is 2.13. The summed E-state index contributed by atoms with van der Waals surface area (Å²) in [6.45, 7) is 4.63. The molecular weight excluding hydrogens is 291 g/mol. The lowest BCUT2D eigenvalue weighted by Gasteiger charge is -2.15. The molecule has 2 nitrogen and oxygen atoms in total. The first-order valence-electron chi connectivity index (χ1n) is 7.33. The van der Waals surface area contributed by atoms with E-state index in [1.807, 2.05) is 6.07 Å². The molecule has 1 heterocycles. The van der Waals surface area contributed by atoms with Crippen molar-refractivity contribution in [1.29, 1.82) is 0 Å². The summed E-state index contributed by atoms with van der Waals surface area (Å²) in [6, 6.07) is 14.9. The van der Waals surface area contributed by atoms with Crippen LogP contribution >= 0.6 is 9.24 Å². The molecule has 0 aromatic heterocycles. The molecule has 1 unspecified atom stereocenters. The van der Waals surface area contributed by atoms with E-state index < -0.39 is 0 Å². The zero-order valence-corrected chi connectivity index (χ0v) is 13.8. The Labute approximate surface area is 132 Å². The summed E-state index contributed by atoms with van der Waals surface area (Å²) in [5, 5.41) is 3.52. The molecule has 0 bridgehead atoms. The normalized spacial score (nSPS) is 12.9. The maximum absolute atomic E-state index is 5.77. The molecule has 110 valence electrons. The molecule has 0 amide bonds. The largest absolute Gasteiger partial charge is 0.454 e. The lowest BCUT2D eigenvalue weighted by molar-refractivity contribution is 0.175. The molecule has 0 spiro atoms. The number of fused-ring (bicyclic) bond motifs is 3. The smallest absolute Gasteiger partial charge is 0.231 e. The second kappa shape index (κ2) is 5.00. The summed E-state index contributed by atoms with van der Waals surface area (Å²) < 4.78 is 11.3. The summed E-state index contributed by atoms with van der Waals surface area (Å²) in [6.07, 6.45) is 0. The number of aryl methyl sites for hydroxylation is 1. The van der Waals surface area contributed by atoms with E-state index in [9.17, 15) is 0 Å². The zero-order valence-electron chi connectivity index (χ0n) is 12.6. The van der Waals surface area contributed by atoms with Gasteiger partial charge in [-0.2, -0.15) is 0 Å². The molecule has 1 aliphatic rings. The van der Waals surface area contributed by atoms with Gasteiger partial charge in [-0.1, -0.05) is 36.4 Å². The molecule has 0 saturated carbocycles. The van der Waals surface area contributed by atoms with Crippen LogP contribution in [0.1, 0.15) is 11.1 Å². The Hall–Kier alpha value is -2.05. The van der Waals surface area contributed by atoms with Crippen molar-refractivity contribution in [2.45, 2.75) is 13.8 Å². The Morgan fingerprint density at radius 2 is 1.73 bits per heavy atom. The summed E-state index contributed by atoms with van der Waals surface area (Å²) in [4.78, 5) is 0. The molecule has 0 aliphatic carbocycles. The van der Waals surface area contributed by atoms with Gasteiger partial charge in [0, 0.05) is 5.39 Å². The Morgan fingerprint density at radius 1 is 0.955 bits per heavy atom. The van der Waals surface area contributed by atoms with Crippen LogP contribution in [0, 0.1) is 13.8 Å². The van der Waals surface area contributed by atoms with Crippen LogP contribution in [0.25, 0.3) is 21.9 Å². The molecular formula is C19H17O2P. The topological polar surface area (TPSA) is 18.5 Å². The highest BCUT2D eigenvalue weighted by Gasteiger charge is 2.21. The summed E-state index contributed by atoms with van der Waals surface area (Å²) in [7, 11) is 2.73. The van der Waals surface area contributed by atoms with Crippen LogP contribution in [0.15, 0.2) is 42.5 Å². The minimum Gasteiger partial charge on any atom is -0.454 e. The molecule has 0 saturated heterocycles. The Morgan fingerprint density at radius 3 is 2.50 bits per heavy atom. The highest BCUT2D eigenvalue weighted by Crippen LogP contribution is 2.45. The maximum atomic E-state index is 5.77. The van der Waals surface area contributed by atoms with Gasteiger partial charge in [0.05, 0.1) is 0 Å². The third kappa shape index (κ3) is 1.99. The fourth-order valence-corrected chi connectivity index (χ4v) is 3.30. The summed E-state index contributed by atoms with van der Waals surface area (Å²) in [5.41, 5.74) is 5.02. The molecule has 4 rings (SSSR count). The number of hydrogen-bond donors (Lipinski definition) is 0. The van der Waals surface area contributed by atoms with Gasteiger partial charge < -0.3 is 9.47 Å². The second-order valence-corrected chi connectivity index (χ2v) is 6.38.